The molecule has 1 aliphatic rings. The van der Waals surface area contributed by atoms with E-state index in [0.29, 0.717) is 12.0 Å². The molecule has 2 rings (SSSR count). The Morgan fingerprint density at radius 3 is 2.20 bits per heavy atom. The van der Waals surface area contributed by atoms with Gasteiger partial charge in [0.1, 0.15) is 0 Å². The lowest BCUT2D eigenvalue weighted by molar-refractivity contribution is 0.155. The second-order valence-electron chi connectivity index (χ2n) is 6.68. The van der Waals surface area contributed by atoms with Crippen LogP contribution >= 0.6 is 0 Å². The lowest BCUT2D eigenvalue weighted by Crippen LogP contribution is -2.44. The van der Waals surface area contributed by atoms with Crippen LogP contribution in [-0.4, -0.2) is 23.5 Å². The van der Waals surface area contributed by atoms with Gasteiger partial charge in [-0.15, -0.1) is 0 Å². The van der Waals surface area contributed by atoms with Crippen molar-refractivity contribution in [1.29, 1.82) is 0 Å². The van der Waals surface area contributed by atoms with Crippen LogP contribution in [-0.2, 0) is 6.42 Å². The summed E-state index contributed by atoms with van der Waals surface area (Å²) in [6, 6.07) is 10.1. The summed E-state index contributed by atoms with van der Waals surface area (Å²) in [6.07, 6.45) is 3.78. The van der Waals surface area contributed by atoms with Gasteiger partial charge >= 0.3 is 0 Å². The van der Waals surface area contributed by atoms with Gasteiger partial charge in [-0.3, -0.25) is 4.90 Å². The SMILES string of the molecule is CCc1ccc(C(N)C(C)N(CC(C)C)C2CC2)cc1. The number of hydrogen-bond acceptors (Lipinski definition) is 2. The third kappa shape index (κ3) is 3.83. The van der Waals surface area contributed by atoms with Gasteiger partial charge in [-0.05, 0) is 43.2 Å². The second kappa shape index (κ2) is 6.73. The molecule has 2 nitrogen and oxygen atoms in total. The average molecular weight is 274 g/mol. The quantitative estimate of drug-likeness (QED) is 0.820. The fourth-order valence-electron chi connectivity index (χ4n) is 2.94. The van der Waals surface area contributed by atoms with Crippen molar-refractivity contribution in [2.45, 2.75) is 65.1 Å². The molecule has 0 spiro atoms. The van der Waals surface area contributed by atoms with E-state index in [1.807, 2.05) is 0 Å². The molecule has 20 heavy (non-hydrogen) atoms. The highest BCUT2D eigenvalue weighted by Crippen LogP contribution is 2.32. The van der Waals surface area contributed by atoms with Gasteiger partial charge in [-0.1, -0.05) is 45.0 Å². The normalized spacial score (nSPS) is 18.6. The Morgan fingerprint density at radius 1 is 1.15 bits per heavy atom. The molecule has 0 amide bonds. The standard InChI is InChI=1S/C18H30N2/c1-5-15-6-8-16(9-7-15)18(19)14(4)20(12-13(2)3)17-10-11-17/h6-9,13-14,17-18H,5,10-12,19H2,1-4H3. The number of rotatable bonds is 7. The Labute approximate surface area is 124 Å². The summed E-state index contributed by atoms with van der Waals surface area (Å²) in [5, 5.41) is 0. The first-order valence-corrected chi connectivity index (χ1v) is 8.13. The Morgan fingerprint density at radius 2 is 1.75 bits per heavy atom. The van der Waals surface area contributed by atoms with Gasteiger partial charge in [0.05, 0.1) is 0 Å². The average Bonchev–Trinajstić information content (AvgIpc) is 3.27. The highest BCUT2D eigenvalue weighted by Gasteiger charge is 2.34. The van der Waals surface area contributed by atoms with Gasteiger partial charge in [0.15, 0.2) is 0 Å². The molecule has 0 heterocycles. The van der Waals surface area contributed by atoms with E-state index in [0.717, 1.165) is 19.0 Å². The molecule has 2 atom stereocenters. The molecule has 112 valence electrons. The van der Waals surface area contributed by atoms with Crippen LogP contribution in [0.4, 0.5) is 0 Å². The van der Waals surface area contributed by atoms with Gasteiger partial charge in [0, 0.05) is 24.7 Å². The summed E-state index contributed by atoms with van der Waals surface area (Å²) in [7, 11) is 0. The molecular weight excluding hydrogens is 244 g/mol. The summed E-state index contributed by atoms with van der Waals surface area (Å²) >= 11 is 0. The first kappa shape index (κ1) is 15.5. The van der Waals surface area contributed by atoms with Crippen LogP contribution in [0.3, 0.4) is 0 Å². The van der Waals surface area contributed by atoms with Crippen LogP contribution < -0.4 is 5.73 Å². The van der Waals surface area contributed by atoms with E-state index in [1.165, 1.54) is 24.0 Å². The van der Waals surface area contributed by atoms with E-state index in [4.69, 9.17) is 5.73 Å². The summed E-state index contributed by atoms with van der Waals surface area (Å²) in [5.74, 6) is 0.702. The molecule has 0 aromatic heterocycles. The monoisotopic (exact) mass is 274 g/mol. The fourth-order valence-corrected chi connectivity index (χ4v) is 2.94. The molecule has 1 saturated carbocycles. The Kier molecular flexibility index (Phi) is 5.22. The first-order chi connectivity index (χ1) is 9.52. The van der Waals surface area contributed by atoms with Crippen LogP contribution in [0.5, 0.6) is 0 Å². The van der Waals surface area contributed by atoms with E-state index in [-0.39, 0.29) is 6.04 Å². The molecule has 1 aromatic carbocycles. The summed E-state index contributed by atoms with van der Waals surface area (Å²) in [6.45, 7) is 10.2. The molecule has 0 radical (unpaired) electrons. The molecule has 0 aliphatic heterocycles. The maximum Gasteiger partial charge on any atom is 0.0450 e. The maximum absolute atomic E-state index is 6.53. The fraction of sp³-hybridized carbons (Fsp3) is 0.667. The van der Waals surface area contributed by atoms with Crippen LogP contribution in [0.1, 0.15) is 57.7 Å². The van der Waals surface area contributed by atoms with Crippen molar-refractivity contribution in [1.82, 2.24) is 4.90 Å². The summed E-state index contributed by atoms with van der Waals surface area (Å²) < 4.78 is 0. The molecule has 0 bridgehead atoms. The van der Waals surface area contributed by atoms with Gasteiger partial charge in [0.25, 0.3) is 0 Å². The van der Waals surface area contributed by atoms with Crippen LogP contribution in [0.25, 0.3) is 0 Å². The van der Waals surface area contributed by atoms with Gasteiger partial charge in [-0.2, -0.15) is 0 Å². The minimum absolute atomic E-state index is 0.111. The van der Waals surface area contributed by atoms with Crippen LogP contribution in [0.2, 0.25) is 0 Å². The van der Waals surface area contributed by atoms with E-state index < -0.39 is 0 Å². The van der Waals surface area contributed by atoms with E-state index in [1.54, 1.807) is 0 Å². The third-order valence-corrected chi connectivity index (χ3v) is 4.41. The highest BCUT2D eigenvalue weighted by atomic mass is 15.2. The zero-order chi connectivity index (χ0) is 14.7. The molecule has 2 unspecified atom stereocenters. The zero-order valence-corrected chi connectivity index (χ0v) is 13.5. The van der Waals surface area contributed by atoms with Crippen molar-refractivity contribution in [3.8, 4) is 0 Å². The highest BCUT2D eigenvalue weighted by molar-refractivity contribution is 5.26. The van der Waals surface area contributed by atoms with Crippen molar-refractivity contribution in [2.24, 2.45) is 11.7 Å². The minimum Gasteiger partial charge on any atom is -0.323 e. The Bertz CT molecular complexity index is 406. The molecule has 1 aliphatic carbocycles. The number of aryl methyl sites for hydroxylation is 1. The number of nitrogens with two attached hydrogens (primary N) is 1. The van der Waals surface area contributed by atoms with Crippen molar-refractivity contribution < 1.29 is 0 Å². The van der Waals surface area contributed by atoms with E-state index >= 15 is 0 Å². The predicted molar refractivity (Wildman–Crippen MR) is 86.8 cm³/mol. The van der Waals surface area contributed by atoms with Crippen molar-refractivity contribution in [3.63, 3.8) is 0 Å². The molecule has 1 fully saturated rings. The third-order valence-electron chi connectivity index (χ3n) is 4.41. The van der Waals surface area contributed by atoms with E-state index in [9.17, 15) is 0 Å². The lowest BCUT2D eigenvalue weighted by atomic mass is 9.97. The second-order valence-corrected chi connectivity index (χ2v) is 6.68. The van der Waals surface area contributed by atoms with Crippen molar-refractivity contribution in [3.05, 3.63) is 35.4 Å². The lowest BCUT2D eigenvalue weighted by Gasteiger charge is -2.34. The number of benzene rings is 1. The van der Waals surface area contributed by atoms with Crippen LogP contribution in [0, 0.1) is 5.92 Å². The van der Waals surface area contributed by atoms with Gasteiger partial charge in [-0.25, -0.2) is 0 Å². The maximum atomic E-state index is 6.53. The van der Waals surface area contributed by atoms with Gasteiger partial charge < -0.3 is 5.73 Å². The predicted octanol–water partition coefficient (Wildman–Crippen LogP) is 3.76. The molecular formula is C18H30N2. The van der Waals surface area contributed by atoms with Crippen molar-refractivity contribution in [2.75, 3.05) is 6.54 Å². The van der Waals surface area contributed by atoms with Gasteiger partial charge in [0.2, 0.25) is 0 Å². The molecule has 2 heteroatoms. The zero-order valence-electron chi connectivity index (χ0n) is 13.5. The summed E-state index contributed by atoms with van der Waals surface area (Å²) in [4.78, 5) is 2.63. The minimum atomic E-state index is 0.111. The van der Waals surface area contributed by atoms with Crippen molar-refractivity contribution >= 4 is 0 Å². The largest absolute Gasteiger partial charge is 0.323 e. The van der Waals surface area contributed by atoms with Crippen LogP contribution in [0.15, 0.2) is 24.3 Å². The smallest absolute Gasteiger partial charge is 0.0450 e. The van der Waals surface area contributed by atoms with E-state index in [2.05, 4.69) is 56.9 Å². The number of nitrogens with zero attached hydrogens (tertiary/aromatic N) is 1. The topological polar surface area (TPSA) is 29.3 Å². The Hall–Kier alpha value is -0.860. The Balaban J connectivity index is 2.06. The molecule has 1 aromatic rings. The summed E-state index contributed by atoms with van der Waals surface area (Å²) in [5.41, 5.74) is 9.18. The first-order valence-electron chi connectivity index (χ1n) is 8.13. The molecule has 2 N–H and O–H groups in total. The number of hydrogen-bond donors (Lipinski definition) is 1. The molecule has 0 saturated heterocycles.